The molecule has 7 rings (SSSR count). The zero-order chi connectivity index (χ0) is 26.0. The number of likely N-dealkylation sites (tertiary alicyclic amines) is 1. The highest BCUT2D eigenvalue weighted by Gasteiger charge is 2.32. The van der Waals surface area contributed by atoms with Gasteiger partial charge in [0.05, 0.1) is 35.2 Å². The molecule has 0 atom stereocenters. The van der Waals surface area contributed by atoms with Gasteiger partial charge in [-0.15, -0.1) is 0 Å². The van der Waals surface area contributed by atoms with Gasteiger partial charge in [0, 0.05) is 56.1 Å². The Labute approximate surface area is 219 Å². The minimum atomic E-state index is -0.353. The van der Waals surface area contributed by atoms with Crippen LogP contribution in [0.4, 0.5) is 9.18 Å². The number of nitrogens with zero attached hydrogens (tertiary/aromatic N) is 5. The number of piperidine rings is 1. The Morgan fingerprint density at radius 1 is 1.11 bits per heavy atom. The van der Waals surface area contributed by atoms with Crippen LogP contribution in [0.5, 0.6) is 0 Å². The number of rotatable bonds is 2. The van der Waals surface area contributed by atoms with Crippen molar-refractivity contribution in [1.82, 2.24) is 29.1 Å². The summed E-state index contributed by atoms with van der Waals surface area (Å²) in [5.41, 5.74) is 5.20. The van der Waals surface area contributed by atoms with Crippen LogP contribution in [0.3, 0.4) is 0 Å². The molecule has 0 bridgehead atoms. The maximum absolute atomic E-state index is 15.1. The van der Waals surface area contributed by atoms with Crippen LogP contribution in [-0.2, 0) is 17.9 Å². The van der Waals surface area contributed by atoms with Crippen molar-refractivity contribution in [3.8, 4) is 0 Å². The van der Waals surface area contributed by atoms with Crippen molar-refractivity contribution in [2.75, 3.05) is 26.2 Å². The second-order valence-corrected chi connectivity index (χ2v) is 10.7. The number of halogens is 1. The summed E-state index contributed by atoms with van der Waals surface area (Å²) in [5.74, 6) is 0.262. The Morgan fingerprint density at radius 3 is 2.79 bits per heavy atom. The molecule has 38 heavy (non-hydrogen) atoms. The maximum Gasteiger partial charge on any atom is 0.320 e. The van der Waals surface area contributed by atoms with Gasteiger partial charge in [-0.3, -0.25) is 9.20 Å². The monoisotopic (exact) mass is 512 g/mol. The second-order valence-electron chi connectivity index (χ2n) is 10.7. The molecule has 3 aliphatic heterocycles. The van der Waals surface area contributed by atoms with E-state index in [1.165, 1.54) is 6.07 Å². The van der Waals surface area contributed by atoms with Crippen molar-refractivity contribution in [2.45, 2.75) is 32.9 Å². The first-order valence-electron chi connectivity index (χ1n) is 13.3. The van der Waals surface area contributed by atoms with Crippen LogP contribution in [0.25, 0.3) is 27.8 Å². The lowest BCUT2D eigenvalue weighted by molar-refractivity contribution is -0.112. The summed E-state index contributed by atoms with van der Waals surface area (Å²) in [7, 11) is 0. The van der Waals surface area contributed by atoms with Crippen molar-refractivity contribution >= 4 is 39.6 Å². The van der Waals surface area contributed by atoms with Crippen LogP contribution in [0.1, 0.15) is 36.6 Å². The Hall–Kier alpha value is -4.14. The molecule has 2 amide bonds. The van der Waals surface area contributed by atoms with Crippen LogP contribution >= 0.6 is 0 Å². The Bertz CT molecular complexity index is 1640. The molecule has 9 heteroatoms. The molecule has 1 saturated heterocycles. The SMILES string of the molecule is CC1CCN(C(=O)N2CCn3cc(C4=C(c5cnc6ccccn56)C(=O)CN4)c4cc(F)cc(c43)C2)CC1. The number of carbonyl (C=O) groups excluding carboxylic acids is 2. The summed E-state index contributed by atoms with van der Waals surface area (Å²) < 4.78 is 19.1. The molecule has 0 spiro atoms. The molecule has 3 aliphatic rings. The lowest BCUT2D eigenvalue weighted by atomic mass is 9.99. The molecule has 1 aromatic carbocycles. The summed E-state index contributed by atoms with van der Waals surface area (Å²) in [6.07, 6.45) is 7.64. The number of hydrogen-bond acceptors (Lipinski definition) is 4. The van der Waals surface area contributed by atoms with Gasteiger partial charge < -0.3 is 19.7 Å². The van der Waals surface area contributed by atoms with E-state index in [2.05, 4.69) is 21.8 Å². The van der Waals surface area contributed by atoms with Gasteiger partial charge in [-0.05, 0) is 48.6 Å². The first-order chi connectivity index (χ1) is 18.5. The number of Topliss-reactive ketones (excluding diaryl/α,β-unsaturated/α-hetero) is 1. The lowest BCUT2D eigenvalue weighted by Gasteiger charge is -2.34. The fraction of sp³-hybridized carbons (Fsp3) is 0.345. The number of fused-ring (bicyclic) bond motifs is 1. The van der Waals surface area contributed by atoms with Gasteiger partial charge in [-0.2, -0.15) is 0 Å². The minimum absolute atomic E-state index is 0.0251. The summed E-state index contributed by atoms with van der Waals surface area (Å²) in [4.78, 5) is 34.7. The number of hydrogen-bond donors (Lipinski definition) is 1. The highest BCUT2D eigenvalue weighted by Crippen LogP contribution is 2.37. The first-order valence-corrected chi connectivity index (χ1v) is 13.3. The van der Waals surface area contributed by atoms with Crippen molar-refractivity contribution in [3.05, 3.63) is 71.6 Å². The van der Waals surface area contributed by atoms with E-state index in [4.69, 9.17) is 0 Å². The number of benzene rings is 1. The predicted molar refractivity (Wildman–Crippen MR) is 143 cm³/mol. The van der Waals surface area contributed by atoms with Crippen LogP contribution in [-0.4, -0.2) is 61.7 Å². The van der Waals surface area contributed by atoms with E-state index in [0.29, 0.717) is 42.5 Å². The number of aromatic nitrogens is 3. The largest absolute Gasteiger partial charge is 0.376 e. The summed E-state index contributed by atoms with van der Waals surface area (Å²) in [6.45, 7) is 5.43. The summed E-state index contributed by atoms with van der Waals surface area (Å²) in [5, 5.41) is 4.03. The molecule has 4 aromatic rings. The number of amides is 2. The van der Waals surface area contributed by atoms with Gasteiger partial charge in [0.25, 0.3) is 0 Å². The molecule has 0 radical (unpaired) electrons. The average Bonchev–Trinajstić information content (AvgIpc) is 3.57. The van der Waals surface area contributed by atoms with Crippen LogP contribution in [0, 0.1) is 11.7 Å². The third kappa shape index (κ3) is 3.60. The molecule has 194 valence electrons. The van der Waals surface area contributed by atoms with Crippen molar-refractivity contribution in [1.29, 1.82) is 0 Å². The zero-order valence-electron chi connectivity index (χ0n) is 21.3. The Kier molecular flexibility index (Phi) is 5.28. The molecular formula is C29H29FN6O2. The fourth-order valence-corrected chi connectivity index (χ4v) is 6.17. The van der Waals surface area contributed by atoms with E-state index >= 15 is 4.39 Å². The van der Waals surface area contributed by atoms with Gasteiger partial charge in [0.2, 0.25) is 0 Å². The Morgan fingerprint density at radius 2 is 1.95 bits per heavy atom. The second kappa shape index (κ2) is 8.72. The van der Waals surface area contributed by atoms with Gasteiger partial charge in [0.1, 0.15) is 11.5 Å². The van der Waals surface area contributed by atoms with E-state index in [0.717, 1.165) is 53.6 Å². The molecule has 6 heterocycles. The third-order valence-electron chi connectivity index (χ3n) is 8.21. The minimum Gasteiger partial charge on any atom is -0.376 e. The standard InChI is InChI=1S/C29H29FN6O2/c1-18-5-8-33(9-6-18)29(38)35-11-10-34-17-22(21-13-20(30)12-19(16-35)28(21)34)27-26(24(37)15-32-27)23-14-31-25-4-2-3-7-36(23)25/h2-4,7,12-14,17-18,32H,5-6,8-11,15-16H2,1H3. The van der Waals surface area contributed by atoms with Gasteiger partial charge >= 0.3 is 6.03 Å². The van der Waals surface area contributed by atoms with Gasteiger partial charge in [0.15, 0.2) is 5.78 Å². The van der Waals surface area contributed by atoms with Crippen LogP contribution in [0.15, 0.2) is 48.9 Å². The van der Waals surface area contributed by atoms with Crippen molar-refractivity contribution < 1.29 is 14.0 Å². The number of imidazole rings is 1. The fourth-order valence-electron chi connectivity index (χ4n) is 6.17. The highest BCUT2D eigenvalue weighted by atomic mass is 19.1. The molecule has 1 N–H and O–H groups in total. The van der Waals surface area contributed by atoms with E-state index < -0.39 is 0 Å². The number of carbonyl (C=O) groups is 2. The molecule has 1 fully saturated rings. The lowest BCUT2D eigenvalue weighted by Crippen LogP contribution is -2.46. The van der Waals surface area contributed by atoms with E-state index in [9.17, 15) is 9.59 Å². The van der Waals surface area contributed by atoms with E-state index in [1.54, 1.807) is 12.3 Å². The normalized spacial score (nSPS) is 18.5. The van der Waals surface area contributed by atoms with Crippen LogP contribution < -0.4 is 5.32 Å². The van der Waals surface area contributed by atoms with Crippen molar-refractivity contribution in [3.63, 3.8) is 0 Å². The zero-order valence-corrected chi connectivity index (χ0v) is 21.3. The highest BCUT2D eigenvalue weighted by molar-refractivity contribution is 6.32. The topological polar surface area (TPSA) is 74.9 Å². The first kappa shape index (κ1) is 23.0. The molecule has 3 aromatic heterocycles. The third-order valence-corrected chi connectivity index (χ3v) is 8.21. The van der Waals surface area contributed by atoms with Gasteiger partial charge in [-0.25, -0.2) is 14.2 Å². The number of urea groups is 1. The van der Waals surface area contributed by atoms with Gasteiger partial charge in [-0.1, -0.05) is 13.0 Å². The van der Waals surface area contributed by atoms with Crippen LogP contribution in [0.2, 0.25) is 0 Å². The number of pyridine rings is 1. The average molecular weight is 513 g/mol. The number of ketones is 1. The van der Waals surface area contributed by atoms with Crippen molar-refractivity contribution in [2.24, 2.45) is 5.92 Å². The maximum atomic E-state index is 15.1. The summed E-state index contributed by atoms with van der Waals surface area (Å²) in [6, 6.07) is 8.82. The van der Waals surface area contributed by atoms with E-state index in [-0.39, 0.29) is 24.2 Å². The molecule has 8 nitrogen and oxygen atoms in total. The van der Waals surface area contributed by atoms with E-state index in [1.807, 2.05) is 44.8 Å². The molecule has 0 aliphatic carbocycles. The summed E-state index contributed by atoms with van der Waals surface area (Å²) >= 11 is 0. The molecular weight excluding hydrogens is 483 g/mol. The quantitative estimate of drug-likeness (QED) is 0.438. The molecule has 0 unspecified atom stereocenters. The molecule has 0 saturated carbocycles. The number of nitrogens with one attached hydrogen (secondary N) is 1. The Balaban J connectivity index is 1.31. The predicted octanol–water partition coefficient (Wildman–Crippen LogP) is 4.14. The smallest absolute Gasteiger partial charge is 0.320 e.